The first-order valence-corrected chi connectivity index (χ1v) is 8.06. The topological polar surface area (TPSA) is 70.8 Å². The van der Waals surface area contributed by atoms with Crippen LogP contribution in [0.3, 0.4) is 0 Å². The molecule has 0 aliphatic carbocycles. The zero-order valence-corrected chi connectivity index (χ0v) is 13.9. The zero-order valence-electron chi connectivity index (χ0n) is 12.3. The molecule has 1 fully saturated rings. The predicted octanol–water partition coefficient (Wildman–Crippen LogP) is 2.86. The Morgan fingerprint density at radius 1 is 1.43 bits per heavy atom. The summed E-state index contributed by atoms with van der Waals surface area (Å²) in [5.74, 6) is 1.52. The molecule has 0 amide bonds. The second-order valence-corrected chi connectivity index (χ2v) is 6.56. The summed E-state index contributed by atoms with van der Waals surface area (Å²) in [7, 11) is 0. The quantitative estimate of drug-likeness (QED) is 0.874. The van der Waals surface area contributed by atoms with Crippen LogP contribution in [-0.2, 0) is 0 Å². The fourth-order valence-electron chi connectivity index (χ4n) is 2.78. The summed E-state index contributed by atoms with van der Waals surface area (Å²) in [4.78, 5) is 6.86. The molecule has 3 N–H and O–H groups in total. The Bertz CT molecular complexity index is 639. The first-order chi connectivity index (χ1) is 10.1. The van der Waals surface area contributed by atoms with Crippen LogP contribution in [0.2, 0.25) is 0 Å². The van der Waals surface area contributed by atoms with Crippen molar-refractivity contribution in [1.82, 2.24) is 15.2 Å². The summed E-state index contributed by atoms with van der Waals surface area (Å²) in [6.07, 6.45) is 2.15. The van der Waals surface area contributed by atoms with E-state index in [-0.39, 0.29) is 12.1 Å². The Hall–Kier alpha value is -1.40. The van der Waals surface area contributed by atoms with E-state index >= 15 is 0 Å². The molecule has 1 aliphatic heterocycles. The summed E-state index contributed by atoms with van der Waals surface area (Å²) in [6.45, 7) is 5.17. The molecule has 0 saturated carbocycles. The molecule has 0 bridgehead atoms. The number of piperidine rings is 1. The van der Waals surface area contributed by atoms with Crippen LogP contribution < -0.4 is 10.6 Å². The van der Waals surface area contributed by atoms with Crippen LogP contribution in [0.1, 0.15) is 25.3 Å². The molecule has 0 radical (unpaired) electrons. The van der Waals surface area contributed by atoms with Crippen molar-refractivity contribution in [3.8, 4) is 11.4 Å². The maximum atomic E-state index is 6.15. The van der Waals surface area contributed by atoms with Gasteiger partial charge in [-0.2, -0.15) is 4.98 Å². The number of anilines is 1. The number of rotatable bonds is 2. The molecule has 6 heteroatoms. The van der Waals surface area contributed by atoms with Gasteiger partial charge in [0.1, 0.15) is 0 Å². The maximum Gasteiger partial charge on any atom is 0.245 e. The highest BCUT2D eigenvalue weighted by molar-refractivity contribution is 9.10. The third-order valence-electron chi connectivity index (χ3n) is 4.16. The average Bonchev–Trinajstić information content (AvgIpc) is 2.94. The summed E-state index contributed by atoms with van der Waals surface area (Å²) >= 11 is 3.57. The first-order valence-electron chi connectivity index (χ1n) is 7.27. The lowest BCUT2D eigenvalue weighted by atomic mass is 9.99. The molecule has 1 aliphatic rings. The lowest BCUT2D eigenvalue weighted by Crippen LogP contribution is -2.50. The van der Waals surface area contributed by atoms with E-state index in [0.29, 0.717) is 0 Å². The van der Waals surface area contributed by atoms with Gasteiger partial charge in [-0.25, -0.2) is 0 Å². The summed E-state index contributed by atoms with van der Waals surface area (Å²) in [5.41, 5.74) is 8.38. The van der Waals surface area contributed by atoms with Gasteiger partial charge in [0.25, 0.3) is 0 Å². The van der Waals surface area contributed by atoms with Crippen molar-refractivity contribution in [1.29, 1.82) is 0 Å². The minimum absolute atomic E-state index is 0.186. The summed E-state index contributed by atoms with van der Waals surface area (Å²) in [6, 6.07) is 6.65. The maximum absolute atomic E-state index is 6.15. The highest BCUT2D eigenvalue weighted by atomic mass is 79.9. The van der Waals surface area contributed by atoms with E-state index in [9.17, 15) is 0 Å². The van der Waals surface area contributed by atoms with E-state index in [1.165, 1.54) is 5.56 Å². The Morgan fingerprint density at radius 3 is 3.05 bits per heavy atom. The Morgan fingerprint density at radius 2 is 2.24 bits per heavy atom. The van der Waals surface area contributed by atoms with E-state index < -0.39 is 0 Å². The van der Waals surface area contributed by atoms with Gasteiger partial charge in [-0.15, -0.1) is 5.10 Å². The third-order valence-corrected chi connectivity index (χ3v) is 4.85. The van der Waals surface area contributed by atoms with Crippen LogP contribution >= 0.6 is 15.9 Å². The molecule has 2 heterocycles. The SMILES string of the molecule is Cc1ccc(Br)c(-c2nc(N3CCCC(N)C3C)n[nH]2)c1. The van der Waals surface area contributed by atoms with Crippen LogP contribution in [0.15, 0.2) is 22.7 Å². The third kappa shape index (κ3) is 2.82. The number of aromatic amines is 1. The van der Waals surface area contributed by atoms with Crippen LogP contribution in [0.25, 0.3) is 11.4 Å². The Kier molecular flexibility index (Phi) is 3.99. The summed E-state index contributed by atoms with van der Waals surface area (Å²) < 4.78 is 1.01. The largest absolute Gasteiger partial charge is 0.335 e. The molecule has 3 rings (SSSR count). The van der Waals surface area contributed by atoms with Crippen LogP contribution in [0, 0.1) is 6.92 Å². The van der Waals surface area contributed by atoms with Gasteiger partial charge >= 0.3 is 0 Å². The fraction of sp³-hybridized carbons (Fsp3) is 0.467. The number of nitrogens with zero attached hydrogens (tertiary/aromatic N) is 3. The van der Waals surface area contributed by atoms with Gasteiger partial charge in [-0.1, -0.05) is 27.6 Å². The Balaban J connectivity index is 1.91. The molecule has 1 saturated heterocycles. The number of hydrogen-bond donors (Lipinski definition) is 2. The van der Waals surface area contributed by atoms with Gasteiger partial charge in [0.15, 0.2) is 5.82 Å². The number of aryl methyl sites for hydroxylation is 1. The van der Waals surface area contributed by atoms with E-state index in [1.807, 2.05) is 6.07 Å². The van der Waals surface area contributed by atoms with E-state index in [4.69, 9.17) is 5.73 Å². The zero-order chi connectivity index (χ0) is 15.0. The smallest absolute Gasteiger partial charge is 0.245 e. The van der Waals surface area contributed by atoms with E-state index in [1.54, 1.807) is 0 Å². The normalized spacial score (nSPS) is 22.6. The minimum atomic E-state index is 0.186. The molecule has 1 aromatic carbocycles. The van der Waals surface area contributed by atoms with Gasteiger partial charge in [-0.05, 0) is 38.8 Å². The summed E-state index contributed by atoms with van der Waals surface area (Å²) in [5, 5.41) is 7.43. The van der Waals surface area contributed by atoms with Gasteiger partial charge in [0.2, 0.25) is 5.95 Å². The van der Waals surface area contributed by atoms with Gasteiger partial charge < -0.3 is 10.6 Å². The second kappa shape index (κ2) is 5.77. The monoisotopic (exact) mass is 349 g/mol. The number of H-pyrrole nitrogens is 1. The number of nitrogens with one attached hydrogen (secondary N) is 1. The van der Waals surface area contributed by atoms with E-state index in [0.717, 1.165) is 41.2 Å². The standard InChI is InChI=1S/C15H20BrN5/c1-9-5-6-12(16)11(8-9)14-18-15(20-19-14)21-7-3-4-13(17)10(21)2/h5-6,8,10,13H,3-4,7,17H2,1-2H3,(H,18,19,20). The van der Waals surface area contributed by atoms with Crippen LogP contribution in [-0.4, -0.2) is 33.8 Å². The lowest BCUT2D eigenvalue weighted by molar-refractivity contribution is 0.416. The van der Waals surface area contributed by atoms with Crippen molar-refractivity contribution in [3.05, 3.63) is 28.2 Å². The number of hydrogen-bond acceptors (Lipinski definition) is 4. The highest BCUT2D eigenvalue weighted by Gasteiger charge is 2.27. The fourth-order valence-corrected chi connectivity index (χ4v) is 3.21. The molecule has 2 aromatic rings. The second-order valence-electron chi connectivity index (χ2n) is 5.71. The van der Waals surface area contributed by atoms with Gasteiger partial charge in [-0.3, -0.25) is 5.10 Å². The molecular weight excluding hydrogens is 330 g/mol. The van der Waals surface area contributed by atoms with Gasteiger partial charge in [0.05, 0.1) is 0 Å². The lowest BCUT2D eigenvalue weighted by Gasteiger charge is -2.36. The van der Waals surface area contributed by atoms with Crippen molar-refractivity contribution in [3.63, 3.8) is 0 Å². The molecule has 2 unspecified atom stereocenters. The Labute approximate surface area is 133 Å². The molecule has 21 heavy (non-hydrogen) atoms. The molecule has 1 aromatic heterocycles. The molecule has 5 nitrogen and oxygen atoms in total. The van der Waals surface area contributed by atoms with Gasteiger partial charge in [0, 0.05) is 28.7 Å². The predicted molar refractivity (Wildman–Crippen MR) is 88.3 cm³/mol. The van der Waals surface area contributed by atoms with Crippen molar-refractivity contribution >= 4 is 21.9 Å². The van der Waals surface area contributed by atoms with Crippen molar-refractivity contribution in [2.45, 2.75) is 38.8 Å². The number of aromatic nitrogens is 3. The van der Waals surface area contributed by atoms with E-state index in [2.05, 4.69) is 62.0 Å². The number of benzene rings is 1. The molecular formula is C15H20BrN5. The minimum Gasteiger partial charge on any atom is -0.335 e. The molecule has 0 spiro atoms. The van der Waals surface area contributed by atoms with Crippen molar-refractivity contribution in [2.75, 3.05) is 11.4 Å². The molecule has 2 atom stereocenters. The first kappa shape index (κ1) is 14.5. The highest BCUT2D eigenvalue weighted by Crippen LogP contribution is 2.28. The molecule has 112 valence electrons. The van der Waals surface area contributed by atoms with Crippen molar-refractivity contribution < 1.29 is 0 Å². The number of halogens is 1. The van der Waals surface area contributed by atoms with Crippen LogP contribution in [0.5, 0.6) is 0 Å². The average molecular weight is 350 g/mol. The number of nitrogens with two attached hydrogens (primary N) is 1. The van der Waals surface area contributed by atoms with Crippen LogP contribution in [0.4, 0.5) is 5.95 Å². The van der Waals surface area contributed by atoms with Crippen molar-refractivity contribution in [2.24, 2.45) is 5.73 Å².